The number of rotatable bonds is 4. The van der Waals surface area contributed by atoms with E-state index in [4.69, 9.17) is 4.74 Å². The average molecular weight is 375 g/mol. The Morgan fingerprint density at radius 1 is 1.22 bits per heavy atom. The Kier molecular flexibility index (Phi) is 5.37. The summed E-state index contributed by atoms with van der Waals surface area (Å²) in [7, 11) is 0. The second-order valence-electron chi connectivity index (χ2n) is 6.46. The number of carbonyl (C=O) groups excluding carboxylic acids is 1. The molecule has 0 bridgehead atoms. The number of cyclic esters (lactones) is 1. The maximum Gasteiger partial charge on any atom is 0.335 e. The van der Waals surface area contributed by atoms with Gasteiger partial charge >= 0.3 is 5.97 Å². The van der Waals surface area contributed by atoms with E-state index in [9.17, 15) is 4.79 Å². The van der Waals surface area contributed by atoms with Crippen molar-refractivity contribution >= 4 is 21.9 Å². The molecule has 2 nitrogen and oxygen atoms in total. The first-order valence-electron chi connectivity index (χ1n) is 8.44. The van der Waals surface area contributed by atoms with Gasteiger partial charge in [-0.15, -0.1) is 0 Å². The lowest BCUT2D eigenvalue weighted by atomic mass is 9.85. The van der Waals surface area contributed by atoms with Gasteiger partial charge in [0.1, 0.15) is 0 Å². The van der Waals surface area contributed by atoms with Crippen molar-refractivity contribution in [3.05, 3.63) is 58.7 Å². The lowest BCUT2D eigenvalue weighted by molar-refractivity contribution is -0.139. The Morgan fingerprint density at radius 3 is 2.57 bits per heavy atom. The van der Waals surface area contributed by atoms with Crippen molar-refractivity contribution in [3.63, 3.8) is 0 Å². The van der Waals surface area contributed by atoms with Crippen LogP contribution in [0.4, 0.5) is 0 Å². The molecule has 0 amide bonds. The van der Waals surface area contributed by atoms with Crippen molar-refractivity contribution in [2.45, 2.75) is 45.1 Å². The molecule has 3 heteroatoms. The van der Waals surface area contributed by atoms with Gasteiger partial charge in [0.2, 0.25) is 0 Å². The van der Waals surface area contributed by atoms with E-state index in [2.05, 4.69) is 22.0 Å². The molecule has 1 saturated carbocycles. The molecule has 0 aromatic heterocycles. The van der Waals surface area contributed by atoms with Gasteiger partial charge in [0.25, 0.3) is 0 Å². The molecule has 23 heavy (non-hydrogen) atoms. The number of hydrogen-bond acceptors (Lipinski definition) is 2. The minimum Gasteiger partial charge on any atom is -0.449 e. The molecule has 1 fully saturated rings. The summed E-state index contributed by atoms with van der Waals surface area (Å²) in [6.07, 6.45) is 8.60. The summed E-state index contributed by atoms with van der Waals surface area (Å²) < 4.78 is 5.67. The van der Waals surface area contributed by atoms with Crippen LogP contribution in [0.3, 0.4) is 0 Å². The monoisotopic (exact) mass is 374 g/mol. The van der Waals surface area contributed by atoms with Crippen LogP contribution < -0.4 is 0 Å². The highest BCUT2D eigenvalue weighted by molar-refractivity contribution is 9.09. The number of benzene rings is 1. The molecule has 1 heterocycles. The van der Waals surface area contributed by atoms with E-state index in [-0.39, 0.29) is 12.1 Å². The molecular weight excluding hydrogens is 352 g/mol. The number of esters is 1. The van der Waals surface area contributed by atoms with E-state index in [0.29, 0.717) is 5.92 Å². The summed E-state index contributed by atoms with van der Waals surface area (Å²) in [5.74, 6) is 0.438. The quantitative estimate of drug-likeness (QED) is 0.513. The zero-order valence-corrected chi connectivity index (χ0v) is 15.1. The number of hydrogen-bond donors (Lipinski definition) is 0. The van der Waals surface area contributed by atoms with Gasteiger partial charge in [-0.3, -0.25) is 0 Å². The zero-order valence-electron chi connectivity index (χ0n) is 13.6. The number of allylic oxidation sites excluding steroid dienone is 1. The van der Waals surface area contributed by atoms with E-state index in [1.165, 1.54) is 37.7 Å². The molecule has 1 unspecified atom stereocenters. The number of halogens is 1. The Bertz CT molecular complexity index is 624. The number of alkyl halides is 1. The van der Waals surface area contributed by atoms with Crippen LogP contribution in [-0.2, 0) is 9.53 Å². The van der Waals surface area contributed by atoms with Crippen molar-refractivity contribution in [1.82, 2.24) is 0 Å². The van der Waals surface area contributed by atoms with Crippen molar-refractivity contribution < 1.29 is 9.53 Å². The number of ether oxygens (including phenoxy) is 1. The topological polar surface area (TPSA) is 26.3 Å². The Hall–Kier alpha value is -1.35. The van der Waals surface area contributed by atoms with Crippen LogP contribution in [0.5, 0.6) is 0 Å². The van der Waals surface area contributed by atoms with Crippen LogP contribution in [-0.4, -0.2) is 11.3 Å². The van der Waals surface area contributed by atoms with E-state index < -0.39 is 0 Å². The third-order valence-electron chi connectivity index (χ3n) is 4.88. The van der Waals surface area contributed by atoms with Crippen molar-refractivity contribution in [3.8, 4) is 0 Å². The summed E-state index contributed by atoms with van der Waals surface area (Å²) in [5.41, 5.74) is 4.07. The fourth-order valence-corrected chi connectivity index (χ4v) is 4.11. The van der Waals surface area contributed by atoms with Crippen molar-refractivity contribution in [2.75, 3.05) is 5.33 Å². The zero-order chi connectivity index (χ0) is 16.2. The Labute approximate surface area is 146 Å². The molecule has 0 saturated heterocycles. The maximum absolute atomic E-state index is 12.2. The SMILES string of the molecule is CC1=C(/C(=C/C2CCCCC2)CBr)C(c2ccccc2)OC1=O. The maximum atomic E-state index is 12.2. The highest BCUT2D eigenvalue weighted by Gasteiger charge is 2.34. The summed E-state index contributed by atoms with van der Waals surface area (Å²) in [6, 6.07) is 10.0. The Morgan fingerprint density at radius 2 is 1.91 bits per heavy atom. The van der Waals surface area contributed by atoms with E-state index in [0.717, 1.165) is 22.0 Å². The van der Waals surface area contributed by atoms with Gasteiger partial charge < -0.3 is 4.74 Å². The summed E-state index contributed by atoms with van der Waals surface area (Å²) in [4.78, 5) is 12.2. The average Bonchev–Trinajstić information content (AvgIpc) is 2.90. The van der Waals surface area contributed by atoms with Gasteiger partial charge in [0.05, 0.1) is 0 Å². The molecule has 0 spiro atoms. The number of carbonyl (C=O) groups is 1. The molecule has 0 N–H and O–H groups in total. The fraction of sp³-hybridized carbons (Fsp3) is 0.450. The second-order valence-corrected chi connectivity index (χ2v) is 7.02. The lowest BCUT2D eigenvalue weighted by Gasteiger charge is -2.22. The smallest absolute Gasteiger partial charge is 0.335 e. The minimum absolute atomic E-state index is 0.190. The molecule has 1 atom stereocenters. The van der Waals surface area contributed by atoms with Crippen LogP contribution in [0.2, 0.25) is 0 Å². The first-order chi connectivity index (χ1) is 11.2. The standard InChI is InChI=1S/C20H23BrO2/c1-14-18(17(13-21)12-15-8-4-2-5-9-15)19(23-20(14)22)16-10-6-3-7-11-16/h3,6-7,10-12,15,19H,2,4-5,8-9,13H2,1H3/b17-12+. The van der Waals surface area contributed by atoms with Gasteiger partial charge in [-0.25, -0.2) is 4.79 Å². The predicted molar refractivity (Wildman–Crippen MR) is 96.4 cm³/mol. The summed E-state index contributed by atoms with van der Waals surface area (Å²) in [5, 5.41) is 0.760. The van der Waals surface area contributed by atoms with Gasteiger partial charge in [-0.1, -0.05) is 71.6 Å². The highest BCUT2D eigenvalue weighted by Crippen LogP contribution is 2.41. The Balaban J connectivity index is 1.95. The first kappa shape index (κ1) is 16.5. The van der Waals surface area contributed by atoms with Gasteiger partial charge in [0.15, 0.2) is 6.10 Å². The molecular formula is C20H23BrO2. The van der Waals surface area contributed by atoms with Gasteiger partial charge in [-0.2, -0.15) is 0 Å². The third-order valence-corrected chi connectivity index (χ3v) is 5.48. The van der Waals surface area contributed by atoms with Crippen LogP contribution in [0, 0.1) is 5.92 Å². The van der Waals surface area contributed by atoms with Crippen molar-refractivity contribution in [1.29, 1.82) is 0 Å². The molecule has 0 radical (unpaired) electrons. The van der Waals surface area contributed by atoms with E-state index >= 15 is 0 Å². The predicted octanol–water partition coefficient (Wildman–Crippen LogP) is 5.50. The molecule has 122 valence electrons. The summed E-state index contributed by atoms with van der Waals surface area (Å²) in [6.45, 7) is 1.89. The molecule has 2 aliphatic rings. The van der Waals surface area contributed by atoms with Crippen LogP contribution >= 0.6 is 15.9 Å². The normalized spacial score (nSPS) is 23.3. The third kappa shape index (κ3) is 3.60. The van der Waals surface area contributed by atoms with E-state index in [1.807, 2.05) is 37.3 Å². The second kappa shape index (κ2) is 7.48. The molecule has 3 rings (SSSR count). The van der Waals surface area contributed by atoms with Crippen LogP contribution in [0.25, 0.3) is 0 Å². The van der Waals surface area contributed by atoms with E-state index in [1.54, 1.807) is 0 Å². The summed E-state index contributed by atoms with van der Waals surface area (Å²) >= 11 is 3.63. The van der Waals surface area contributed by atoms with Crippen LogP contribution in [0.15, 0.2) is 53.1 Å². The minimum atomic E-state index is -0.268. The fourth-order valence-electron chi connectivity index (χ4n) is 3.62. The first-order valence-corrected chi connectivity index (χ1v) is 9.56. The molecule has 1 aliphatic carbocycles. The van der Waals surface area contributed by atoms with Gasteiger partial charge in [-0.05, 0) is 36.8 Å². The lowest BCUT2D eigenvalue weighted by Crippen LogP contribution is -2.08. The van der Waals surface area contributed by atoms with Gasteiger partial charge in [0, 0.05) is 16.5 Å². The van der Waals surface area contributed by atoms with Crippen LogP contribution in [0.1, 0.15) is 50.7 Å². The largest absolute Gasteiger partial charge is 0.449 e. The molecule has 1 aromatic carbocycles. The highest BCUT2D eigenvalue weighted by atomic mass is 79.9. The molecule has 1 aromatic rings. The molecule has 1 aliphatic heterocycles. The van der Waals surface area contributed by atoms with Crippen molar-refractivity contribution in [2.24, 2.45) is 5.92 Å².